The first-order valence-corrected chi connectivity index (χ1v) is 10.6. The van der Waals surface area contributed by atoms with Crippen LogP contribution >= 0.6 is 12.0 Å². The van der Waals surface area contributed by atoms with Crippen LogP contribution in [-0.4, -0.2) is 32.0 Å². The van der Waals surface area contributed by atoms with Gasteiger partial charge in [-0.05, 0) is 35.7 Å². The van der Waals surface area contributed by atoms with Gasteiger partial charge in [0.15, 0.2) is 0 Å². The molecule has 8 heteroatoms. The number of amides is 1. The number of anilines is 2. The van der Waals surface area contributed by atoms with E-state index in [2.05, 4.69) is 39.0 Å². The smallest absolute Gasteiger partial charge is 0.255 e. The van der Waals surface area contributed by atoms with E-state index < -0.39 is 0 Å². The van der Waals surface area contributed by atoms with Gasteiger partial charge in [0.1, 0.15) is 5.82 Å². The van der Waals surface area contributed by atoms with Gasteiger partial charge in [-0.15, -0.1) is 0 Å². The molecule has 1 amide bonds. The maximum absolute atomic E-state index is 12.7. The minimum Gasteiger partial charge on any atom is -0.352 e. The summed E-state index contributed by atoms with van der Waals surface area (Å²) in [5.41, 5.74) is 4.50. The molecular weight excluding hydrogens is 398 g/mol. The largest absolute Gasteiger partial charge is 0.352 e. The highest BCUT2D eigenvalue weighted by Gasteiger charge is 2.20. The first kappa shape index (κ1) is 20.3. The summed E-state index contributed by atoms with van der Waals surface area (Å²) in [6.07, 6.45) is 4.12. The van der Waals surface area contributed by atoms with E-state index in [1.165, 1.54) is 5.56 Å². The van der Waals surface area contributed by atoms with Crippen molar-refractivity contribution in [2.75, 3.05) is 16.8 Å². The molecule has 0 spiro atoms. The number of hydrogen-bond donors (Lipinski definition) is 2. The first-order chi connectivity index (χ1) is 14.5. The predicted octanol–water partition coefficient (Wildman–Crippen LogP) is 4.38. The lowest BCUT2D eigenvalue weighted by Crippen LogP contribution is -2.32. The number of pyridine rings is 1. The average molecular weight is 422 g/mol. The molecule has 7 nitrogen and oxygen atoms in total. The minimum atomic E-state index is -0.165. The van der Waals surface area contributed by atoms with Gasteiger partial charge in [0.25, 0.3) is 5.91 Å². The zero-order valence-electron chi connectivity index (χ0n) is 16.9. The summed E-state index contributed by atoms with van der Waals surface area (Å²) in [7, 11) is 0. The van der Waals surface area contributed by atoms with E-state index >= 15 is 0 Å². The van der Waals surface area contributed by atoms with Crippen molar-refractivity contribution < 1.29 is 9.35 Å². The molecule has 1 aliphatic heterocycles. The minimum absolute atomic E-state index is 0.165. The number of fused-ring (bicyclic) bond motifs is 1. The van der Waals surface area contributed by atoms with Crippen molar-refractivity contribution in [3.63, 3.8) is 0 Å². The molecular formula is C22H23N5O2S. The summed E-state index contributed by atoms with van der Waals surface area (Å²) >= 11 is 0.554. The molecule has 1 aliphatic rings. The normalized spacial score (nSPS) is 13.3. The topological polar surface area (TPSA) is 91.2 Å². The van der Waals surface area contributed by atoms with Crippen LogP contribution in [0.3, 0.4) is 0 Å². The summed E-state index contributed by atoms with van der Waals surface area (Å²) in [6, 6.07) is 11.4. The number of benzene rings is 1. The SMILES string of the molecule is CC(C)c1ccc(NC(=O)c2ccnc(N3CCc4nc(SO)ncc4C3)c2)cc1. The highest BCUT2D eigenvalue weighted by molar-refractivity contribution is 7.93. The van der Waals surface area contributed by atoms with E-state index in [4.69, 9.17) is 4.55 Å². The molecule has 1 aromatic carbocycles. The summed E-state index contributed by atoms with van der Waals surface area (Å²) in [6.45, 7) is 5.62. The van der Waals surface area contributed by atoms with Gasteiger partial charge in [0.05, 0.1) is 17.7 Å². The van der Waals surface area contributed by atoms with Crippen molar-refractivity contribution >= 4 is 29.5 Å². The molecule has 0 fully saturated rings. The number of aromatic nitrogens is 3. The summed E-state index contributed by atoms with van der Waals surface area (Å²) in [5, 5.41) is 3.31. The summed E-state index contributed by atoms with van der Waals surface area (Å²) in [5.74, 6) is 1.02. The van der Waals surface area contributed by atoms with Crippen LogP contribution in [-0.2, 0) is 13.0 Å². The van der Waals surface area contributed by atoms with Gasteiger partial charge in [0, 0.05) is 48.7 Å². The molecule has 0 bridgehead atoms. The van der Waals surface area contributed by atoms with Crippen LogP contribution in [0.25, 0.3) is 0 Å². The molecule has 0 aliphatic carbocycles. The Bertz CT molecular complexity index is 1060. The van der Waals surface area contributed by atoms with Crippen molar-refractivity contribution in [1.29, 1.82) is 0 Å². The Morgan fingerprint density at radius 1 is 1.20 bits per heavy atom. The fourth-order valence-corrected chi connectivity index (χ4v) is 3.68. The van der Waals surface area contributed by atoms with Gasteiger partial charge in [-0.2, -0.15) is 0 Å². The molecule has 0 saturated heterocycles. The zero-order valence-corrected chi connectivity index (χ0v) is 17.7. The van der Waals surface area contributed by atoms with Crippen molar-refractivity contribution in [2.45, 2.75) is 37.9 Å². The Hall–Kier alpha value is -2.97. The molecule has 0 saturated carbocycles. The van der Waals surface area contributed by atoms with Gasteiger partial charge in [-0.1, -0.05) is 26.0 Å². The van der Waals surface area contributed by atoms with Crippen molar-refractivity contribution in [3.05, 3.63) is 71.2 Å². The molecule has 0 radical (unpaired) electrons. The number of nitrogens with one attached hydrogen (secondary N) is 1. The number of carbonyl (C=O) groups is 1. The Morgan fingerprint density at radius 3 is 2.73 bits per heavy atom. The Balaban J connectivity index is 1.47. The second-order valence-corrected chi connectivity index (χ2v) is 8.07. The first-order valence-electron chi connectivity index (χ1n) is 9.82. The van der Waals surface area contributed by atoms with Crippen LogP contribution in [0, 0.1) is 0 Å². The molecule has 30 heavy (non-hydrogen) atoms. The van der Waals surface area contributed by atoms with Crippen LogP contribution in [0.15, 0.2) is 53.9 Å². The van der Waals surface area contributed by atoms with Gasteiger partial charge < -0.3 is 14.8 Å². The second kappa shape index (κ2) is 8.81. The number of carbonyl (C=O) groups excluding carboxylic acids is 1. The van der Waals surface area contributed by atoms with E-state index in [0.717, 1.165) is 35.7 Å². The molecule has 0 unspecified atom stereocenters. The molecule has 3 aromatic rings. The second-order valence-electron chi connectivity index (χ2n) is 7.52. The average Bonchev–Trinajstić information content (AvgIpc) is 2.78. The third kappa shape index (κ3) is 4.44. The summed E-state index contributed by atoms with van der Waals surface area (Å²) in [4.78, 5) is 27.8. The molecule has 0 atom stereocenters. The third-order valence-corrected chi connectivity index (χ3v) is 5.52. The van der Waals surface area contributed by atoms with Gasteiger partial charge in [0.2, 0.25) is 5.16 Å². The van der Waals surface area contributed by atoms with Crippen LogP contribution < -0.4 is 10.2 Å². The fourth-order valence-electron chi connectivity index (χ4n) is 3.42. The van der Waals surface area contributed by atoms with Crippen molar-refractivity contribution in [1.82, 2.24) is 15.0 Å². The quantitative estimate of drug-likeness (QED) is 0.467. The van der Waals surface area contributed by atoms with Gasteiger partial charge >= 0.3 is 0 Å². The Kier molecular flexibility index (Phi) is 5.96. The van der Waals surface area contributed by atoms with E-state index in [1.54, 1.807) is 18.5 Å². The maximum Gasteiger partial charge on any atom is 0.255 e. The third-order valence-electron chi connectivity index (χ3n) is 5.16. The predicted molar refractivity (Wildman–Crippen MR) is 118 cm³/mol. The van der Waals surface area contributed by atoms with Crippen LogP contribution in [0.2, 0.25) is 0 Å². The fraction of sp³-hybridized carbons (Fsp3) is 0.273. The lowest BCUT2D eigenvalue weighted by atomic mass is 10.0. The Labute approximate surface area is 179 Å². The maximum atomic E-state index is 12.7. The van der Waals surface area contributed by atoms with Crippen molar-refractivity contribution in [2.24, 2.45) is 0 Å². The standard InChI is InChI=1S/C22H23N5O2S/c1-14(2)15-3-5-18(6-4-15)25-21(28)16-7-9-23-20(11-16)27-10-8-19-17(13-27)12-24-22(26-19)30-29/h3-7,9,11-12,14,29H,8,10,13H2,1-2H3,(H,25,28). The molecule has 4 rings (SSSR count). The highest BCUT2D eigenvalue weighted by atomic mass is 32.2. The summed E-state index contributed by atoms with van der Waals surface area (Å²) < 4.78 is 9.13. The monoisotopic (exact) mass is 421 g/mol. The van der Waals surface area contributed by atoms with Gasteiger partial charge in [-0.3, -0.25) is 4.79 Å². The van der Waals surface area contributed by atoms with E-state index in [0.29, 0.717) is 35.2 Å². The number of nitrogens with zero attached hydrogens (tertiary/aromatic N) is 4. The Morgan fingerprint density at radius 2 is 2.00 bits per heavy atom. The zero-order chi connectivity index (χ0) is 21.1. The lowest BCUT2D eigenvalue weighted by molar-refractivity contribution is 0.102. The highest BCUT2D eigenvalue weighted by Crippen LogP contribution is 2.24. The molecule has 2 aromatic heterocycles. The molecule has 3 heterocycles. The van der Waals surface area contributed by atoms with E-state index in [1.807, 2.05) is 30.3 Å². The van der Waals surface area contributed by atoms with E-state index in [-0.39, 0.29) is 5.91 Å². The van der Waals surface area contributed by atoms with Crippen LogP contribution in [0.5, 0.6) is 0 Å². The van der Waals surface area contributed by atoms with Crippen LogP contribution in [0.1, 0.15) is 46.9 Å². The van der Waals surface area contributed by atoms with Crippen molar-refractivity contribution in [3.8, 4) is 0 Å². The van der Waals surface area contributed by atoms with Gasteiger partial charge in [-0.25, -0.2) is 15.0 Å². The lowest BCUT2D eigenvalue weighted by Gasteiger charge is -2.29. The van der Waals surface area contributed by atoms with Crippen LogP contribution in [0.4, 0.5) is 11.5 Å². The molecule has 2 N–H and O–H groups in total. The molecule has 154 valence electrons. The number of hydrogen-bond acceptors (Lipinski definition) is 7. The number of rotatable bonds is 5. The van der Waals surface area contributed by atoms with E-state index in [9.17, 15) is 4.79 Å².